The second kappa shape index (κ2) is 9.78. The van der Waals surface area contributed by atoms with E-state index in [4.69, 9.17) is 9.47 Å². The Bertz CT molecular complexity index is 934. The van der Waals surface area contributed by atoms with Crippen LogP contribution in [0.3, 0.4) is 0 Å². The molecular formula is C23H27FN2O5. The van der Waals surface area contributed by atoms with Crippen LogP contribution in [0.25, 0.3) is 0 Å². The van der Waals surface area contributed by atoms with Crippen molar-refractivity contribution in [3.8, 4) is 11.5 Å². The van der Waals surface area contributed by atoms with Crippen LogP contribution in [-0.4, -0.2) is 65.7 Å². The van der Waals surface area contributed by atoms with Gasteiger partial charge in [-0.05, 0) is 43.7 Å². The molecule has 2 aromatic rings. The first kappa shape index (κ1) is 22.6. The van der Waals surface area contributed by atoms with Crippen LogP contribution >= 0.6 is 0 Å². The fourth-order valence-corrected chi connectivity index (χ4v) is 3.80. The summed E-state index contributed by atoms with van der Waals surface area (Å²) >= 11 is 0. The van der Waals surface area contributed by atoms with Crippen LogP contribution < -0.4 is 9.47 Å². The van der Waals surface area contributed by atoms with Crippen molar-refractivity contribution in [1.82, 2.24) is 9.80 Å². The molecule has 3 rings (SSSR count). The first-order chi connectivity index (χ1) is 14.8. The maximum Gasteiger partial charge on any atom is 0.339 e. The number of carboxylic acids is 1. The fraction of sp³-hybridized carbons (Fsp3) is 0.391. The molecule has 7 nitrogen and oxygen atoms in total. The smallest absolute Gasteiger partial charge is 0.339 e. The largest absolute Gasteiger partial charge is 0.493 e. The standard InChI is InChI=1S/C23H27FN2O5/c1-15-12-26(16(2)11-25(15)13-17-7-9-18(24)10-8-17)21(27)14-31-22-19(23(28)29)5-4-6-20(22)30-3/h4-10,15-16H,11-14H2,1-3H3,(H,28,29)/t15-,16+/m1/s1. The number of carboxylic acid groups (broad SMARTS) is 1. The number of halogens is 1. The predicted molar refractivity (Wildman–Crippen MR) is 113 cm³/mol. The number of carbonyl (C=O) groups is 2. The zero-order valence-electron chi connectivity index (χ0n) is 17.9. The van der Waals surface area contributed by atoms with E-state index in [2.05, 4.69) is 4.90 Å². The van der Waals surface area contributed by atoms with Gasteiger partial charge in [-0.15, -0.1) is 0 Å². The molecule has 0 unspecified atom stereocenters. The van der Waals surface area contributed by atoms with E-state index in [0.717, 1.165) is 5.56 Å². The lowest BCUT2D eigenvalue weighted by atomic mass is 10.1. The molecule has 2 aromatic carbocycles. The van der Waals surface area contributed by atoms with Gasteiger partial charge in [-0.25, -0.2) is 9.18 Å². The van der Waals surface area contributed by atoms with Crippen molar-refractivity contribution in [2.24, 2.45) is 0 Å². The van der Waals surface area contributed by atoms with E-state index in [1.165, 1.54) is 25.3 Å². The third kappa shape index (κ3) is 5.32. The molecule has 1 fully saturated rings. The summed E-state index contributed by atoms with van der Waals surface area (Å²) in [5, 5.41) is 9.38. The van der Waals surface area contributed by atoms with Gasteiger partial charge in [-0.2, -0.15) is 0 Å². The summed E-state index contributed by atoms with van der Waals surface area (Å²) in [6.07, 6.45) is 0. The summed E-state index contributed by atoms with van der Waals surface area (Å²) in [7, 11) is 1.42. The number of methoxy groups -OCH3 is 1. The molecule has 1 N–H and O–H groups in total. The Morgan fingerprint density at radius 3 is 2.45 bits per heavy atom. The van der Waals surface area contributed by atoms with Crippen LogP contribution in [0.15, 0.2) is 42.5 Å². The van der Waals surface area contributed by atoms with Crippen LogP contribution in [0.1, 0.15) is 29.8 Å². The van der Waals surface area contributed by atoms with Crippen molar-refractivity contribution < 1.29 is 28.6 Å². The maximum absolute atomic E-state index is 13.1. The summed E-state index contributed by atoms with van der Waals surface area (Å²) in [5.74, 6) is -1.33. The number of aromatic carboxylic acids is 1. The van der Waals surface area contributed by atoms with Crippen LogP contribution in [0.5, 0.6) is 11.5 Å². The number of rotatable bonds is 7. The number of amides is 1. The lowest BCUT2D eigenvalue weighted by Crippen LogP contribution is -2.58. The monoisotopic (exact) mass is 430 g/mol. The summed E-state index contributed by atoms with van der Waals surface area (Å²) in [5.41, 5.74) is 0.957. The molecule has 8 heteroatoms. The molecule has 1 heterocycles. The van der Waals surface area contributed by atoms with E-state index in [9.17, 15) is 19.1 Å². The molecule has 0 spiro atoms. The molecular weight excluding hydrogens is 403 g/mol. The van der Waals surface area contributed by atoms with Gasteiger partial charge in [-0.1, -0.05) is 18.2 Å². The Hall–Kier alpha value is -3.13. The van der Waals surface area contributed by atoms with Gasteiger partial charge < -0.3 is 19.5 Å². The third-order valence-corrected chi connectivity index (χ3v) is 5.50. The summed E-state index contributed by atoms with van der Waals surface area (Å²) in [4.78, 5) is 28.3. The first-order valence-electron chi connectivity index (χ1n) is 10.1. The van der Waals surface area contributed by atoms with E-state index in [1.54, 1.807) is 29.2 Å². The highest BCUT2D eigenvalue weighted by atomic mass is 19.1. The minimum absolute atomic E-state index is 0.0431. The van der Waals surface area contributed by atoms with Crippen LogP contribution in [-0.2, 0) is 11.3 Å². The zero-order valence-corrected chi connectivity index (χ0v) is 17.9. The Balaban J connectivity index is 1.63. The normalized spacial score (nSPS) is 19.2. The highest BCUT2D eigenvalue weighted by Crippen LogP contribution is 2.31. The third-order valence-electron chi connectivity index (χ3n) is 5.50. The van der Waals surface area contributed by atoms with Crippen molar-refractivity contribution in [3.63, 3.8) is 0 Å². The van der Waals surface area contributed by atoms with Gasteiger partial charge in [0.25, 0.3) is 5.91 Å². The molecule has 0 aliphatic carbocycles. The Labute approximate surface area is 181 Å². The minimum atomic E-state index is -1.15. The number of hydrogen-bond acceptors (Lipinski definition) is 5. The van der Waals surface area contributed by atoms with Crippen molar-refractivity contribution in [2.45, 2.75) is 32.5 Å². The number of benzene rings is 2. The number of hydrogen-bond donors (Lipinski definition) is 1. The Morgan fingerprint density at radius 2 is 1.81 bits per heavy atom. The number of ether oxygens (including phenoxy) is 2. The molecule has 2 atom stereocenters. The molecule has 0 saturated carbocycles. The zero-order chi connectivity index (χ0) is 22.5. The van der Waals surface area contributed by atoms with Crippen molar-refractivity contribution in [2.75, 3.05) is 26.8 Å². The second-order valence-electron chi connectivity index (χ2n) is 7.73. The first-order valence-corrected chi connectivity index (χ1v) is 10.1. The molecule has 31 heavy (non-hydrogen) atoms. The number of nitrogens with zero attached hydrogens (tertiary/aromatic N) is 2. The molecule has 0 aromatic heterocycles. The summed E-state index contributed by atoms with van der Waals surface area (Å²) in [6, 6.07) is 11.0. The van der Waals surface area contributed by atoms with Crippen LogP contribution in [0, 0.1) is 5.82 Å². The molecule has 1 saturated heterocycles. The van der Waals surface area contributed by atoms with Gasteiger partial charge in [0.15, 0.2) is 18.1 Å². The molecule has 1 aliphatic rings. The van der Waals surface area contributed by atoms with Crippen LogP contribution in [0.4, 0.5) is 4.39 Å². The van der Waals surface area contributed by atoms with E-state index in [0.29, 0.717) is 19.6 Å². The Kier molecular flexibility index (Phi) is 7.12. The average molecular weight is 430 g/mol. The minimum Gasteiger partial charge on any atom is -0.493 e. The average Bonchev–Trinajstić information content (AvgIpc) is 2.75. The van der Waals surface area contributed by atoms with Crippen molar-refractivity contribution >= 4 is 11.9 Å². The van der Waals surface area contributed by atoms with E-state index < -0.39 is 5.97 Å². The fourth-order valence-electron chi connectivity index (χ4n) is 3.80. The lowest BCUT2D eigenvalue weighted by molar-refractivity contribution is -0.139. The highest BCUT2D eigenvalue weighted by Gasteiger charge is 2.32. The summed E-state index contributed by atoms with van der Waals surface area (Å²) < 4.78 is 23.9. The predicted octanol–water partition coefficient (Wildman–Crippen LogP) is 3.03. The van der Waals surface area contributed by atoms with Crippen LogP contribution in [0.2, 0.25) is 0 Å². The number of carbonyl (C=O) groups excluding carboxylic acids is 1. The highest BCUT2D eigenvalue weighted by molar-refractivity contribution is 5.92. The number of para-hydroxylation sites is 1. The van der Waals surface area contributed by atoms with Gasteiger partial charge >= 0.3 is 5.97 Å². The van der Waals surface area contributed by atoms with Crippen molar-refractivity contribution in [3.05, 3.63) is 59.4 Å². The topological polar surface area (TPSA) is 79.3 Å². The van der Waals surface area contributed by atoms with Gasteiger partial charge in [0.1, 0.15) is 11.4 Å². The summed E-state index contributed by atoms with van der Waals surface area (Å²) in [6.45, 7) is 5.58. The van der Waals surface area contributed by atoms with E-state index in [-0.39, 0.29) is 47.5 Å². The van der Waals surface area contributed by atoms with Gasteiger partial charge in [0.2, 0.25) is 0 Å². The van der Waals surface area contributed by atoms with Gasteiger partial charge in [0.05, 0.1) is 7.11 Å². The van der Waals surface area contributed by atoms with Gasteiger partial charge in [-0.3, -0.25) is 9.69 Å². The second-order valence-corrected chi connectivity index (χ2v) is 7.73. The molecule has 1 amide bonds. The van der Waals surface area contributed by atoms with Gasteiger partial charge in [0, 0.05) is 31.7 Å². The lowest BCUT2D eigenvalue weighted by Gasteiger charge is -2.44. The van der Waals surface area contributed by atoms with E-state index in [1.807, 2.05) is 13.8 Å². The molecule has 0 radical (unpaired) electrons. The van der Waals surface area contributed by atoms with Crippen molar-refractivity contribution in [1.29, 1.82) is 0 Å². The number of piperazine rings is 1. The quantitative estimate of drug-likeness (QED) is 0.728. The van der Waals surface area contributed by atoms with E-state index >= 15 is 0 Å². The SMILES string of the molecule is COc1cccc(C(=O)O)c1OCC(=O)N1C[C@@H](C)N(Cc2ccc(F)cc2)C[C@@H]1C. The molecule has 0 bridgehead atoms. The Morgan fingerprint density at radius 1 is 1.10 bits per heavy atom. The maximum atomic E-state index is 13.1. The molecule has 166 valence electrons. The molecule has 1 aliphatic heterocycles.